The lowest BCUT2D eigenvalue weighted by Crippen LogP contribution is -2.54. The summed E-state index contributed by atoms with van der Waals surface area (Å²) in [6.07, 6.45) is 3.36. The van der Waals surface area contributed by atoms with Gasteiger partial charge >= 0.3 is 0 Å². The smallest absolute Gasteiger partial charge is 0.270 e. The molecule has 5 rings (SSSR count). The van der Waals surface area contributed by atoms with E-state index < -0.39 is 11.8 Å². The van der Waals surface area contributed by atoms with Gasteiger partial charge in [0.25, 0.3) is 11.8 Å². The molecule has 168 valence electrons. The second kappa shape index (κ2) is 8.84. The number of hydrogen-bond donors (Lipinski definition) is 2. The monoisotopic (exact) mass is 470 g/mol. The lowest BCUT2D eigenvalue weighted by Gasteiger charge is -2.29. The standard InChI is InChI=1S/C26H18N2O5S/c29-19-8-11-23-17(14-19)12-16(15-32-23)13-22-24(30)27-26(34)28(25(22)31)18-6-9-21(10-7-18)33-20-4-2-1-3-5-20/h1-11,13-15,29H,12H2,(H,27,30,34)/b22-13+. The predicted octanol–water partition coefficient (Wildman–Crippen LogP) is 4.38. The number of nitrogens with zero attached hydrogens (tertiary/aromatic N) is 1. The third-order valence-corrected chi connectivity index (χ3v) is 5.57. The lowest BCUT2D eigenvalue weighted by molar-refractivity contribution is -0.122. The van der Waals surface area contributed by atoms with Crippen LogP contribution in [0, 0.1) is 0 Å². The van der Waals surface area contributed by atoms with Crippen LogP contribution in [0.4, 0.5) is 5.69 Å². The van der Waals surface area contributed by atoms with Crippen LogP contribution >= 0.6 is 12.2 Å². The zero-order chi connectivity index (χ0) is 23.7. The van der Waals surface area contributed by atoms with Crippen LogP contribution in [0.1, 0.15) is 5.56 Å². The van der Waals surface area contributed by atoms with Gasteiger partial charge in [0.05, 0.1) is 11.9 Å². The normalized spacial score (nSPS) is 16.5. The third kappa shape index (κ3) is 4.26. The first-order valence-corrected chi connectivity index (χ1v) is 10.8. The number of amides is 2. The summed E-state index contributed by atoms with van der Waals surface area (Å²) in [4.78, 5) is 27.1. The van der Waals surface area contributed by atoms with Gasteiger partial charge in [-0.3, -0.25) is 19.8 Å². The summed E-state index contributed by atoms with van der Waals surface area (Å²) >= 11 is 5.27. The highest BCUT2D eigenvalue weighted by molar-refractivity contribution is 7.80. The Morgan fingerprint density at radius 1 is 1.00 bits per heavy atom. The molecular formula is C26H18N2O5S. The fourth-order valence-corrected chi connectivity index (χ4v) is 3.95. The fraction of sp³-hybridized carbons (Fsp3) is 0.0385. The SMILES string of the molecule is O=C1NC(=S)N(c2ccc(Oc3ccccc3)cc2)C(=O)/C1=C/C1=COc2ccc(O)cc2C1. The number of phenolic OH excluding ortho intramolecular Hbond substituents is 1. The molecule has 0 saturated carbocycles. The van der Waals surface area contributed by atoms with E-state index in [4.69, 9.17) is 21.7 Å². The van der Waals surface area contributed by atoms with Crippen molar-refractivity contribution in [3.63, 3.8) is 0 Å². The zero-order valence-corrected chi connectivity index (χ0v) is 18.5. The quantitative estimate of drug-likeness (QED) is 0.334. The first kappa shape index (κ1) is 21.4. The molecule has 0 aliphatic carbocycles. The van der Waals surface area contributed by atoms with Crippen molar-refractivity contribution in [1.82, 2.24) is 5.32 Å². The Kier molecular flexibility index (Phi) is 5.57. The molecule has 2 heterocycles. The maximum atomic E-state index is 13.3. The number of carbonyl (C=O) groups excluding carboxylic acids is 2. The van der Waals surface area contributed by atoms with Crippen LogP contribution in [0.25, 0.3) is 0 Å². The van der Waals surface area contributed by atoms with E-state index in [2.05, 4.69) is 5.32 Å². The van der Waals surface area contributed by atoms with E-state index in [-0.39, 0.29) is 16.4 Å². The number of allylic oxidation sites excluding steroid dienone is 2. The number of benzene rings is 3. The minimum Gasteiger partial charge on any atom is -0.508 e. The van der Waals surface area contributed by atoms with Crippen molar-refractivity contribution in [3.05, 3.63) is 102 Å². The second-order valence-electron chi connectivity index (χ2n) is 7.65. The van der Waals surface area contributed by atoms with Crippen LogP contribution in [0.15, 0.2) is 96.3 Å². The molecule has 34 heavy (non-hydrogen) atoms. The van der Waals surface area contributed by atoms with Gasteiger partial charge in [-0.15, -0.1) is 0 Å². The van der Waals surface area contributed by atoms with Crippen LogP contribution < -0.4 is 19.7 Å². The van der Waals surface area contributed by atoms with E-state index in [1.165, 1.54) is 23.3 Å². The van der Waals surface area contributed by atoms with E-state index in [0.717, 1.165) is 5.56 Å². The van der Waals surface area contributed by atoms with Crippen molar-refractivity contribution < 1.29 is 24.2 Å². The topological polar surface area (TPSA) is 88.1 Å². The molecule has 0 atom stereocenters. The molecular weight excluding hydrogens is 452 g/mol. The van der Waals surface area contributed by atoms with Gasteiger partial charge in [-0.05, 0) is 78.5 Å². The summed E-state index contributed by atoms with van der Waals surface area (Å²) < 4.78 is 11.4. The zero-order valence-electron chi connectivity index (χ0n) is 17.7. The van der Waals surface area contributed by atoms with Gasteiger partial charge in [0, 0.05) is 12.0 Å². The first-order chi connectivity index (χ1) is 16.5. The number of fused-ring (bicyclic) bond motifs is 1. The van der Waals surface area contributed by atoms with Crippen LogP contribution in [0.3, 0.4) is 0 Å². The van der Waals surface area contributed by atoms with E-state index in [9.17, 15) is 14.7 Å². The van der Waals surface area contributed by atoms with Gasteiger partial charge in [0.15, 0.2) is 5.11 Å². The number of anilines is 1. The Morgan fingerprint density at radius 3 is 2.50 bits per heavy atom. The molecule has 1 fully saturated rings. The molecule has 3 aromatic rings. The number of rotatable bonds is 4. The number of ether oxygens (including phenoxy) is 2. The van der Waals surface area contributed by atoms with E-state index in [1.807, 2.05) is 30.3 Å². The van der Waals surface area contributed by atoms with Crippen LogP contribution in [-0.2, 0) is 16.0 Å². The van der Waals surface area contributed by atoms with Gasteiger partial charge in [0.2, 0.25) is 0 Å². The van der Waals surface area contributed by atoms with Crippen molar-refractivity contribution >= 4 is 34.8 Å². The number of para-hydroxylation sites is 1. The summed E-state index contributed by atoms with van der Waals surface area (Å²) in [6, 6.07) is 20.9. The summed E-state index contributed by atoms with van der Waals surface area (Å²) in [5, 5.41) is 12.3. The molecule has 0 radical (unpaired) electrons. The lowest BCUT2D eigenvalue weighted by atomic mass is 9.99. The van der Waals surface area contributed by atoms with Crippen molar-refractivity contribution in [2.24, 2.45) is 0 Å². The van der Waals surface area contributed by atoms with Gasteiger partial charge in [-0.1, -0.05) is 18.2 Å². The molecule has 7 nitrogen and oxygen atoms in total. The van der Waals surface area contributed by atoms with Gasteiger partial charge < -0.3 is 14.6 Å². The van der Waals surface area contributed by atoms with Gasteiger partial charge in [-0.2, -0.15) is 0 Å². The number of nitrogens with one attached hydrogen (secondary N) is 1. The Bertz CT molecular complexity index is 1360. The summed E-state index contributed by atoms with van der Waals surface area (Å²) in [7, 11) is 0. The van der Waals surface area contributed by atoms with Crippen LogP contribution in [0.2, 0.25) is 0 Å². The predicted molar refractivity (Wildman–Crippen MR) is 130 cm³/mol. The highest BCUT2D eigenvalue weighted by atomic mass is 32.1. The molecule has 0 aromatic heterocycles. The fourth-order valence-electron chi connectivity index (χ4n) is 3.67. The second-order valence-corrected chi connectivity index (χ2v) is 8.03. The van der Waals surface area contributed by atoms with Crippen molar-refractivity contribution in [1.29, 1.82) is 0 Å². The van der Waals surface area contributed by atoms with E-state index >= 15 is 0 Å². The first-order valence-electron chi connectivity index (χ1n) is 10.4. The molecule has 8 heteroatoms. The summed E-state index contributed by atoms with van der Waals surface area (Å²) in [5.74, 6) is 0.872. The highest BCUT2D eigenvalue weighted by Crippen LogP contribution is 2.31. The largest absolute Gasteiger partial charge is 0.508 e. The molecule has 2 aliphatic heterocycles. The number of thiocarbonyl (C=S) groups is 1. The van der Waals surface area contributed by atoms with E-state index in [0.29, 0.717) is 34.9 Å². The Hall–Kier alpha value is -4.43. The molecule has 1 saturated heterocycles. The minimum absolute atomic E-state index is 0.00646. The van der Waals surface area contributed by atoms with Crippen molar-refractivity contribution in [3.8, 4) is 23.0 Å². The molecule has 2 amide bonds. The average molecular weight is 471 g/mol. The Balaban J connectivity index is 1.38. The van der Waals surface area contributed by atoms with Crippen LogP contribution in [0.5, 0.6) is 23.0 Å². The van der Waals surface area contributed by atoms with Crippen molar-refractivity contribution in [2.75, 3.05) is 4.90 Å². The van der Waals surface area contributed by atoms with Gasteiger partial charge in [0.1, 0.15) is 28.6 Å². The van der Waals surface area contributed by atoms with Crippen molar-refractivity contribution in [2.45, 2.75) is 6.42 Å². The summed E-state index contributed by atoms with van der Waals surface area (Å²) in [5.41, 5.74) is 1.78. The average Bonchev–Trinajstić information content (AvgIpc) is 2.83. The number of aromatic hydroxyl groups is 1. The molecule has 0 spiro atoms. The summed E-state index contributed by atoms with van der Waals surface area (Å²) in [6.45, 7) is 0. The molecule has 2 N–H and O–H groups in total. The molecule has 0 bridgehead atoms. The Morgan fingerprint density at radius 2 is 1.74 bits per heavy atom. The maximum absolute atomic E-state index is 13.3. The van der Waals surface area contributed by atoms with Crippen LogP contribution in [-0.4, -0.2) is 22.0 Å². The highest BCUT2D eigenvalue weighted by Gasteiger charge is 2.35. The third-order valence-electron chi connectivity index (χ3n) is 5.28. The number of carbonyl (C=O) groups is 2. The van der Waals surface area contributed by atoms with Gasteiger partial charge in [-0.25, -0.2) is 0 Å². The molecule has 2 aliphatic rings. The molecule has 3 aromatic carbocycles. The van der Waals surface area contributed by atoms with E-state index in [1.54, 1.807) is 36.4 Å². The number of hydrogen-bond acceptors (Lipinski definition) is 6. The Labute approximate surface area is 200 Å². The maximum Gasteiger partial charge on any atom is 0.270 e. The molecule has 0 unspecified atom stereocenters. The minimum atomic E-state index is -0.585. The number of phenols is 1.